The minimum absolute atomic E-state index is 0.185. The van der Waals surface area contributed by atoms with Gasteiger partial charge in [-0.2, -0.15) is 0 Å². The van der Waals surface area contributed by atoms with E-state index in [9.17, 15) is 39.4 Å². The van der Waals surface area contributed by atoms with Crippen molar-refractivity contribution in [2.45, 2.75) is 82.4 Å². The van der Waals surface area contributed by atoms with Crippen LogP contribution in [-0.4, -0.2) is 66.8 Å². The molecule has 0 amide bonds. The maximum atomic E-state index is 14.5. The van der Waals surface area contributed by atoms with E-state index in [1.54, 1.807) is 45.1 Å². The van der Waals surface area contributed by atoms with Crippen molar-refractivity contribution >= 4 is 0 Å². The van der Waals surface area contributed by atoms with E-state index in [2.05, 4.69) is 0 Å². The first-order chi connectivity index (χ1) is 16.9. The molecule has 0 aliphatic rings. The lowest BCUT2D eigenvalue weighted by molar-refractivity contribution is -0.228. The molecule has 36 heavy (non-hydrogen) atoms. The largest absolute Gasteiger partial charge is 0.394 e. The van der Waals surface area contributed by atoms with E-state index >= 15 is 0 Å². The number of aliphatic hydroxyl groups is 6. The van der Waals surface area contributed by atoms with Crippen molar-refractivity contribution in [2.75, 3.05) is 6.61 Å². The Morgan fingerprint density at radius 3 is 1.78 bits per heavy atom. The van der Waals surface area contributed by atoms with Gasteiger partial charge in [0.2, 0.25) is 0 Å². The molecule has 0 radical (unpaired) electrons. The zero-order valence-electron chi connectivity index (χ0n) is 21.0. The summed E-state index contributed by atoms with van der Waals surface area (Å²) in [6.45, 7) is 4.33. The fourth-order valence-electron chi connectivity index (χ4n) is 4.52. The maximum absolute atomic E-state index is 14.5. The highest BCUT2D eigenvalue weighted by atomic mass is 19.1. The Labute approximate surface area is 211 Å². The molecule has 0 saturated carbocycles. The van der Waals surface area contributed by atoms with Crippen LogP contribution in [0.25, 0.3) is 0 Å². The van der Waals surface area contributed by atoms with Gasteiger partial charge in [0.25, 0.3) is 0 Å². The van der Waals surface area contributed by atoms with Gasteiger partial charge >= 0.3 is 0 Å². The van der Waals surface area contributed by atoms with Gasteiger partial charge in [0, 0.05) is 12.8 Å². The summed E-state index contributed by atoms with van der Waals surface area (Å²) in [6, 6.07) is 8.59. The first kappa shape index (κ1) is 30.0. The molecular weight excluding hydrogens is 470 g/mol. The van der Waals surface area contributed by atoms with Crippen molar-refractivity contribution in [2.24, 2.45) is 0 Å². The van der Waals surface area contributed by atoms with Crippen LogP contribution in [-0.2, 0) is 25.7 Å². The summed E-state index contributed by atoms with van der Waals surface area (Å²) in [6.07, 6.45) is -3.03. The molecule has 0 spiro atoms. The molecule has 2 aromatic rings. The molecule has 2 aromatic carbocycles. The fraction of sp³-hybridized carbons (Fsp3) is 0.500. The van der Waals surface area contributed by atoms with Crippen LogP contribution in [0.2, 0.25) is 0 Å². The topological polar surface area (TPSA) is 121 Å². The standard InChI is InChI=1S/C28H38F2O6/c1-4-7-12-27(35,15-18-8-10-20(5-2)22(29)13-18)26(34)28(36,25(33)24(32)17-31)16-19-9-11-21(6-3)23(30)14-19/h4,7-11,13-14,24-26,31-36H,5-6,12,15-17H2,1-3H3/b7-4+/t24-,25+,26+,27?,28+/m0/s1. The Balaban J connectivity index is 2.56. The zero-order chi connectivity index (χ0) is 27.1. The maximum Gasteiger partial charge on any atom is 0.126 e. The highest BCUT2D eigenvalue weighted by Crippen LogP contribution is 2.35. The molecule has 0 saturated heterocycles. The number of rotatable bonds is 13. The molecule has 6 nitrogen and oxygen atoms in total. The normalized spacial score (nSPS) is 18.0. The first-order valence-electron chi connectivity index (χ1n) is 12.2. The number of aryl methyl sites for hydroxylation is 2. The number of allylic oxidation sites excluding steroid dienone is 1. The number of aliphatic hydroxyl groups excluding tert-OH is 4. The molecule has 5 atom stereocenters. The van der Waals surface area contributed by atoms with Crippen LogP contribution in [0, 0.1) is 11.6 Å². The fourth-order valence-corrected chi connectivity index (χ4v) is 4.52. The van der Waals surface area contributed by atoms with Crippen molar-refractivity contribution < 1.29 is 39.4 Å². The number of hydrogen-bond acceptors (Lipinski definition) is 6. The second kappa shape index (κ2) is 12.9. The molecule has 8 heteroatoms. The molecule has 0 heterocycles. The van der Waals surface area contributed by atoms with Crippen molar-refractivity contribution in [3.63, 3.8) is 0 Å². The van der Waals surface area contributed by atoms with E-state index in [4.69, 9.17) is 0 Å². The van der Waals surface area contributed by atoms with Crippen molar-refractivity contribution in [3.05, 3.63) is 82.4 Å². The summed E-state index contributed by atoms with van der Waals surface area (Å²) in [5.41, 5.74) is -3.29. The molecule has 6 N–H and O–H groups in total. The monoisotopic (exact) mass is 508 g/mol. The molecule has 0 aliphatic heterocycles. The first-order valence-corrected chi connectivity index (χ1v) is 12.2. The quantitative estimate of drug-likeness (QED) is 0.231. The van der Waals surface area contributed by atoms with Crippen molar-refractivity contribution in [1.82, 2.24) is 0 Å². The van der Waals surface area contributed by atoms with Crippen LogP contribution >= 0.6 is 0 Å². The Bertz CT molecular complexity index is 1030. The third kappa shape index (κ3) is 6.76. The van der Waals surface area contributed by atoms with E-state index in [1.807, 2.05) is 0 Å². The minimum atomic E-state index is -2.61. The van der Waals surface area contributed by atoms with Crippen LogP contribution < -0.4 is 0 Å². The summed E-state index contributed by atoms with van der Waals surface area (Å²) in [7, 11) is 0. The third-order valence-corrected chi connectivity index (χ3v) is 6.75. The molecule has 0 bridgehead atoms. The number of halogens is 2. The molecule has 0 aromatic heterocycles. The molecule has 1 unspecified atom stereocenters. The second-order valence-electron chi connectivity index (χ2n) is 9.38. The van der Waals surface area contributed by atoms with Gasteiger partial charge in [-0.1, -0.05) is 50.3 Å². The summed E-state index contributed by atoms with van der Waals surface area (Å²) in [4.78, 5) is 0. The summed E-state index contributed by atoms with van der Waals surface area (Å²) < 4.78 is 28.9. The van der Waals surface area contributed by atoms with Crippen LogP contribution in [0.3, 0.4) is 0 Å². The van der Waals surface area contributed by atoms with Crippen LogP contribution in [0.1, 0.15) is 49.4 Å². The Kier molecular flexibility index (Phi) is 10.7. The number of hydrogen-bond donors (Lipinski definition) is 6. The van der Waals surface area contributed by atoms with Crippen LogP contribution in [0.15, 0.2) is 48.6 Å². The molecule has 200 valence electrons. The van der Waals surface area contributed by atoms with Gasteiger partial charge in [-0.05, 0) is 60.6 Å². The van der Waals surface area contributed by atoms with Crippen LogP contribution in [0.4, 0.5) is 8.78 Å². The lowest BCUT2D eigenvalue weighted by Crippen LogP contribution is -2.66. The third-order valence-electron chi connectivity index (χ3n) is 6.75. The lowest BCUT2D eigenvalue weighted by atomic mass is 9.71. The molecular formula is C28H38F2O6. The van der Waals surface area contributed by atoms with Gasteiger partial charge in [0.1, 0.15) is 41.1 Å². The van der Waals surface area contributed by atoms with E-state index in [1.165, 1.54) is 18.2 Å². The summed E-state index contributed by atoms with van der Waals surface area (Å²) in [5, 5.41) is 65.0. The lowest BCUT2D eigenvalue weighted by Gasteiger charge is -2.46. The summed E-state index contributed by atoms with van der Waals surface area (Å²) >= 11 is 0. The average molecular weight is 509 g/mol. The van der Waals surface area contributed by atoms with Gasteiger partial charge < -0.3 is 30.6 Å². The highest BCUT2D eigenvalue weighted by Gasteiger charge is 2.54. The Hall–Kier alpha value is -2.20. The van der Waals surface area contributed by atoms with Gasteiger partial charge in [-0.25, -0.2) is 8.78 Å². The number of benzene rings is 2. The highest BCUT2D eigenvalue weighted by molar-refractivity contribution is 5.29. The van der Waals surface area contributed by atoms with Gasteiger partial charge in [-0.3, -0.25) is 0 Å². The van der Waals surface area contributed by atoms with E-state index in [0.717, 1.165) is 6.07 Å². The van der Waals surface area contributed by atoms with E-state index in [0.29, 0.717) is 29.5 Å². The predicted octanol–water partition coefficient (Wildman–Crippen LogP) is 2.38. The molecule has 0 aliphatic carbocycles. The second-order valence-corrected chi connectivity index (χ2v) is 9.38. The van der Waals surface area contributed by atoms with Gasteiger partial charge in [0.15, 0.2) is 0 Å². The Morgan fingerprint density at radius 1 is 0.861 bits per heavy atom. The SMILES string of the molecule is C/C=C/CC(O)(Cc1ccc(CC)c(F)c1)[C@@H](O)[C@@](O)(Cc1ccc(CC)c(F)c1)[C@H](O)[C@@H](O)CO. The van der Waals surface area contributed by atoms with Crippen molar-refractivity contribution in [3.8, 4) is 0 Å². The zero-order valence-corrected chi connectivity index (χ0v) is 21.0. The summed E-state index contributed by atoms with van der Waals surface area (Å²) in [5.74, 6) is -1.02. The van der Waals surface area contributed by atoms with Gasteiger partial charge in [-0.15, -0.1) is 0 Å². The minimum Gasteiger partial charge on any atom is -0.394 e. The Morgan fingerprint density at radius 2 is 1.36 bits per heavy atom. The van der Waals surface area contributed by atoms with Crippen LogP contribution in [0.5, 0.6) is 0 Å². The molecule has 0 fully saturated rings. The van der Waals surface area contributed by atoms with E-state index < -0.39 is 54.2 Å². The predicted molar refractivity (Wildman–Crippen MR) is 133 cm³/mol. The van der Waals surface area contributed by atoms with Crippen molar-refractivity contribution in [1.29, 1.82) is 0 Å². The van der Waals surface area contributed by atoms with Gasteiger partial charge in [0.05, 0.1) is 6.61 Å². The average Bonchev–Trinajstić information content (AvgIpc) is 2.86. The molecule has 2 rings (SSSR count). The smallest absolute Gasteiger partial charge is 0.126 e. The van der Waals surface area contributed by atoms with E-state index in [-0.39, 0.29) is 18.4 Å².